The minimum Gasteiger partial charge on any atom is -0.338 e. The molecule has 0 saturated carbocycles. The van der Waals surface area contributed by atoms with Crippen molar-refractivity contribution in [1.82, 2.24) is 24.6 Å². The molecule has 0 aliphatic rings. The minimum atomic E-state index is 0.102. The number of benzene rings is 1. The Morgan fingerprint density at radius 2 is 2.08 bits per heavy atom. The first-order valence-corrected chi connectivity index (χ1v) is 7.98. The van der Waals surface area contributed by atoms with Gasteiger partial charge in [-0.1, -0.05) is 30.3 Å². The summed E-state index contributed by atoms with van der Waals surface area (Å²) in [6, 6.07) is 10.2. The molecule has 0 fully saturated rings. The molecule has 0 bridgehead atoms. The Labute approximate surface area is 141 Å². The monoisotopic (exact) mass is 323 g/mol. The first-order valence-electron chi connectivity index (χ1n) is 7.98. The molecule has 3 rings (SSSR count). The molecular formula is C18H21N5O. The fourth-order valence-corrected chi connectivity index (χ4v) is 2.57. The molecule has 0 aliphatic carbocycles. The van der Waals surface area contributed by atoms with E-state index >= 15 is 0 Å². The van der Waals surface area contributed by atoms with Crippen LogP contribution < -0.4 is 0 Å². The molecule has 6 heteroatoms. The Hall–Kier alpha value is -2.89. The minimum absolute atomic E-state index is 0.102. The highest BCUT2D eigenvalue weighted by Gasteiger charge is 2.13. The van der Waals surface area contributed by atoms with E-state index in [9.17, 15) is 4.79 Å². The predicted molar refractivity (Wildman–Crippen MR) is 91.2 cm³/mol. The van der Waals surface area contributed by atoms with Gasteiger partial charge in [0.1, 0.15) is 5.82 Å². The van der Waals surface area contributed by atoms with Crippen molar-refractivity contribution in [2.24, 2.45) is 0 Å². The quantitative estimate of drug-likeness (QED) is 0.725. The summed E-state index contributed by atoms with van der Waals surface area (Å²) in [6.45, 7) is 1.26. The molecule has 1 aromatic carbocycles. The predicted octanol–water partition coefficient (Wildman–Crippen LogP) is 2.25. The van der Waals surface area contributed by atoms with Gasteiger partial charge in [0.05, 0.1) is 12.7 Å². The molecule has 0 atom stereocenters. The Bertz CT molecular complexity index is 764. The summed E-state index contributed by atoms with van der Waals surface area (Å²) < 4.78 is 2.08. The summed E-state index contributed by atoms with van der Waals surface area (Å²) in [6.07, 6.45) is 8.46. The Morgan fingerprint density at radius 1 is 1.25 bits per heavy atom. The molecule has 0 spiro atoms. The average molecular weight is 323 g/mol. The van der Waals surface area contributed by atoms with Gasteiger partial charge in [0, 0.05) is 38.6 Å². The van der Waals surface area contributed by atoms with Crippen molar-refractivity contribution in [3.8, 4) is 0 Å². The summed E-state index contributed by atoms with van der Waals surface area (Å²) in [5.41, 5.74) is 2.26. The number of aromatic amines is 1. The number of rotatable bonds is 7. The van der Waals surface area contributed by atoms with E-state index in [-0.39, 0.29) is 5.91 Å². The van der Waals surface area contributed by atoms with Gasteiger partial charge >= 0.3 is 0 Å². The maximum Gasteiger partial charge on any atom is 0.223 e. The molecule has 24 heavy (non-hydrogen) atoms. The summed E-state index contributed by atoms with van der Waals surface area (Å²) in [5.74, 6) is 0.989. The molecule has 2 heterocycles. The molecule has 6 nitrogen and oxygen atoms in total. The zero-order chi connectivity index (χ0) is 16.8. The number of amides is 1. The fourth-order valence-electron chi connectivity index (χ4n) is 2.57. The lowest BCUT2D eigenvalue weighted by molar-refractivity contribution is -0.130. The number of imidazole rings is 1. The standard InChI is InChI=1S/C18H21N5O/c1-22(18(24)8-7-16-11-20-21-12-16)14-17-19-9-10-23(17)13-15-5-3-2-4-6-15/h2-6,9-12H,7-8,13-14H2,1H3,(H,20,21). The summed E-state index contributed by atoms with van der Waals surface area (Å²) in [5, 5.41) is 6.66. The average Bonchev–Trinajstić information content (AvgIpc) is 3.26. The molecule has 0 radical (unpaired) electrons. The number of carbonyl (C=O) groups is 1. The highest BCUT2D eigenvalue weighted by molar-refractivity contribution is 5.76. The molecular weight excluding hydrogens is 302 g/mol. The van der Waals surface area contributed by atoms with Crippen LogP contribution in [0.3, 0.4) is 0 Å². The number of H-pyrrole nitrogens is 1. The normalized spacial score (nSPS) is 10.7. The van der Waals surface area contributed by atoms with E-state index in [1.807, 2.05) is 37.6 Å². The van der Waals surface area contributed by atoms with Gasteiger partial charge in [-0.25, -0.2) is 4.98 Å². The van der Waals surface area contributed by atoms with Crippen molar-refractivity contribution in [3.63, 3.8) is 0 Å². The van der Waals surface area contributed by atoms with Crippen molar-refractivity contribution in [1.29, 1.82) is 0 Å². The lowest BCUT2D eigenvalue weighted by atomic mass is 10.2. The van der Waals surface area contributed by atoms with Crippen LogP contribution in [0.15, 0.2) is 55.1 Å². The number of nitrogens with one attached hydrogen (secondary N) is 1. The van der Waals surface area contributed by atoms with Crippen LogP contribution >= 0.6 is 0 Å². The maximum atomic E-state index is 12.3. The lowest BCUT2D eigenvalue weighted by Crippen LogP contribution is -2.28. The number of hydrogen-bond donors (Lipinski definition) is 1. The van der Waals surface area contributed by atoms with E-state index in [4.69, 9.17) is 0 Å². The van der Waals surface area contributed by atoms with Gasteiger partial charge in [0.25, 0.3) is 0 Å². The fraction of sp³-hybridized carbons (Fsp3) is 0.278. The molecule has 124 valence electrons. The maximum absolute atomic E-state index is 12.3. The van der Waals surface area contributed by atoms with Crippen LogP contribution in [0.1, 0.15) is 23.4 Å². The van der Waals surface area contributed by atoms with Gasteiger partial charge in [0.15, 0.2) is 0 Å². The zero-order valence-corrected chi connectivity index (χ0v) is 13.7. The van der Waals surface area contributed by atoms with Crippen molar-refractivity contribution < 1.29 is 4.79 Å². The Balaban J connectivity index is 1.57. The Kier molecular flexibility index (Phi) is 5.05. The number of nitrogens with zero attached hydrogens (tertiary/aromatic N) is 4. The van der Waals surface area contributed by atoms with Crippen LogP contribution in [0.25, 0.3) is 0 Å². The van der Waals surface area contributed by atoms with Gasteiger partial charge in [-0.15, -0.1) is 0 Å². The van der Waals surface area contributed by atoms with Gasteiger partial charge in [0.2, 0.25) is 5.91 Å². The van der Waals surface area contributed by atoms with Gasteiger partial charge in [-0.2, -0.15) is 5.10 Å². The number of hydrogen-bond acceptors (Lipinski definition) is 3. The smallest absolute Gasteiger partial charge is 0.223 e. The van der Waals surface area contributed by atoms with Crippen LogP contribution in [0.5, 0.6) is 0 Å². The zero-order valence-electron chi connectivity index (χ0n) is 13.7. The molecule has 0 unspecified atom stereocenters. The topological polar surface area (TPSA) is 66.8 Å². The Morgan fingerprint density at radius 3 is 2.83 bits per heavy atom. The first-order chi connectivity index (χ1) is 11.7. The molecule has 1 amide bonds. The largest absolute Gasteiger partial charge is 0.338 e. The third-order valence-electron chi connectivity index (χ3n) is 3.98. The van der Waals surface area contributed by atoms with E-state index in [2.05, 4.69) is 31.9 Å². The van der Waals surface area contributed by atoms with Crippen LogP contribution in [0.2, 0.25) is 0 Å². The van der Waals surface area contributed by atoms with E-state index in [1.165, 1.54) is 5.56 Å². The van der Waals surface area contributed by atoms with Gasteiger partial charge in [-0.3, -0.25) is 9.89 Å². The van der Waals surface area contributed by atoms with Crippen molar-refractivity contribution >= 4 is 5.91 Å². The third kappa shape index (κ3) is 4.10. The number of carbonyl (C=O) groups excluding carboxylic acids is 1. The van der Waals surface area contributed by atoms with Crippen LogP contribution in [0, 0.1) is 0 Å². The second-order valence-corrected chi connectivity index (χ2v) is 5.81. The van der Waals surface area contributed by atoms with E-state index in [1.54, 1.807) is 17.3 Å². The van der Waals surface area contributed by atoms with E-state index < -0.39 is 0 Å². The van der Waals surface area contributed by atoms with Crippen LogP contribution in [0.4, 0.5) is 0 Å². The number of aromatic nitrogens is 4. The first kappa shape index (κ1) is 16.0. The van der Waals surface area contributed by atoms with Gasteiger partial charge in [-0.05, 0) is 17.5 Å². The van der Waals surface area contributed by atoms with Crippen molar-refractivity contribution in [2.45, 2.75) is 25.9 Å². The highest BCUT2D eigenvalue weighted by Crippen LogP contribution is 2.09. The van der Waals surface area contributed by atoms with Crippen molar-refractivity contribution in [2.75, 3.05) is 7.05 Å². The van der Waals surface area contributed by atoms with E-state index in [0.717, 1.165) is 17.9 Å². The molecule has 2 aromatic heterocycles. The summed E-state index contributed by atoms with van der Waals surface area (Å²) in [4.78, 5) is 18.4. The van der Waals surface area contributed by atoms with Crippen LogP contribution in [-0.4, -0.2) is 37.6 Å². The lowest BCUT2D eigenvalue weighted by Gasteiger charge is -2.17. The second-order valence-electron chi connectivity index (χ2n) is 5.81. The molecule has 3 aromatic rings. The van der Waals surface area contributed by atoms with Gasteiger partial charge < -0.3 is 9.47 Å². The molecule has 1 N–H and O–H groups in total. The second kappa shape index (κ2) is 7.59. The van der Waals surface area contributed by atoms with Crippen LogP contribution in [-0.2, 0) is 24.3 Å². The number of aryl methyl sites for hydroxylation is 1. The highest BCUT2D eigenvalue weighted by atomic mass is 16.2. The summed E-state index contributed by atoms with van der Waals surface area (Å²) in [7, 11) is 1.82. The SMILES string of the molecule is CN(Cc1nccn1Cc1ccccc1)C(=O)CCc1cn[nH]c1. The van der Waals surface area contributed by atoms with Crippen molar-refractivity contribution in [3.05, 3.63) is 72.1 Å². The van der Waals surface area contributed by atoms with E-state index in [0.29, 0.717) is 19.4 Å². The molecule has 0 aliphatic heterocycles. The molecule has 0 saturated heterocycles. The third-order valence-corrected chi connectivity index (χ3v) is 3.98. The summed E-state index contributed by atoms with van der Waals surface area (Å²) >= 11 is 0.